The summed E-state index contributed by atoms with van der Waals surface area (Å²) >= 11 is 5.03. The lowest BCUT2D eigenvalue weighted by Gasteiger charge is -2.14. The first kappa shape index (κ1) is 26.2. The van der Waals surface area contributed by atoms with Crippen molar-refractivity contribution >= 4 is 22.7 Å². The van der Waals surface area contributed by atoms with E-state index in [4.69, 9.17) is 26.7 Å². The van der Waals surface area contributed by atoms with Crippen LogP contribution < -0.4 is 9.47 Å². The molecule has 0 unspecified atom stereocenters. The van der Waals surface area contributed by atoms with Crippen LogP contribution >= 0.6 is 0 Å². The van der Waals surface area contributed by atoms with Crippen LogP contribution in [0.5, 0.6) is 11.5 Å². The highest BCUT2D eigenvalue weighted by Crippen LogP contribution is 2.29. The van der Waals surface area contributed by atoms with Gasteiger partial charge in [-0.2, -0.15) is 14.2 Å². The van der Waals surface area contributed by atoms with E-state index in [1.165, 1.54) is 0 Å². The topological polar surface area (TPSA) is 72.8 Å². The largest absolute Gasteiger partial charge is 0.792 e. The molecule has 0 atom stereocenters. The molecule has 0 aliphatic carbocycles. The molecule has 3 aromatic carbocycles. The van der Waals surface area contributed by atoms with Gasteiger partial charge in [0.1, 0.15) is 11.5 Å². The van der Waals surface area contributed by atoms with Crippen molar-refractivity contribution in [1.29, 1.82) is 0 Å². The second kappa shape index (κ2) is 13.5. The van der Waals surface area contributed by atoms with Gasteiger partial charge in [0.15, 0.2) is 0 Å². The van der Waals surface area contributed by atoms with Gasteiger partial charge in [0.25, 0.3) is 10.1 Å². The van der Waals surface area contributed by atoms with Crippen LogP contribution in [0.3, 0.4) is 0 Å². The van der Waals surface area contributed by atoms with Gasteiger partial charge in [-0.1, -0.05) is 60.1 Å². The fourth-order valence-electron chi connectivity index (χ4n) is 2.98. The summed E-state index contributed by atoms with van der Waals surface area (Å²) in [6, 6.07) is 22.6. The van der Waals surface area contributed by atoms with Crippen LogP contribution in [0.4, 0.5) is 0 Å². The van der Waals surface area contributed by atoms with Gasteiger partial charge >= 0.3 is 0 Å². The van der Waals surface area contributed by atoms with Crippen molar-refractivity contribution in [2.24, 2.45) is 0 Å². The van der Waals surface area contributed by atoms with Crippen molar-refractivity contribution in [3.63, 3.8) is 0 Å². The standard InChI is InChI=1S/C28H26O5S2/c29-35(30,31)20-8-18-33-28-22-25(15-13-23-9-3-1-4-10-23)27(32-17-7-19-34)21-26(28)16-14-24-11-5-2-6-12-24/h1-6,9-12,21-22,34H,7-8,17-20H2,(H,29,30,31)/p-1. The van der Waals surface area contributed by atoms with Gasteiger partial charge in [-0.15, -0.1) is 0 Å². The third-order valence-electron chi connectivity index (χ3n) is 4.66. The average Bonchev–Trinajstić information content (AvgIpc) is 2.86. The molecule has 1 N–H and O–H groups in total. The van der Waals surface area contributed by atoms with Gasteiger partial charge in [0.05, 0.1) is 30.1 Å². The zero-order valence-electron chi connectivity index (χ0n) is 19.1. The maximum absolute atomic E-state index is 11.0. The van der Waals surface area contributed by atoms with Gasteiger partial charge in [-0.3, -0.25) is 4.55 Å². The molecule has 0 saturated heterocycles. The molecule has 5 nitrogen and oxygen atoms in total. The second-order valence-electron chi connectivity index (χ2n) is 7.47. The number of benzene rings is 3. The summed E-state index contributed by atoms with van der Waals surface area (Å²) in [5.74, 6) is 13.7. The van der Waals surface area contributed by atoms with E-state index in [2.05, 4.69) is 23.7 Å². The van der Waals surface area contributed by atoms with Gasteiger partial charge in [-0.05, 0) is 37.1 Å². The number of hydrogen-bond acceptors (Lipinski definition) is 5. The van der Waals surface area contributed by atoms with Crippen LogP contribution in [0.2, 0.25) is 0 Å². The average molecular weight is 506 g/mol. The molecule has 0 fully saturated rings. The second-order valence-corrected chi connectivity index (χ2v) is 9.45. The molecule has 0 spiro atoms. The molecule has 0 radical (unpaired) electrons. The third-order valence-corrected chi connectivity index (χ3v) is 5.76. The lowest BCUT2D eigenvalue weighted by Crippen LogP contribution is -2.09. The van der Waals surface area contributed by atoms with Crippen molar-refractivity contribution in [2.75, 3.05) is 24.7 Å². The summed E-state index contributed by atoms with van der Waals surface area (Å²) in [5, 5.41) is 0. The Bertz CT molecular complexity index is 1330. The first-order valence-corrected chi connectivity index (χ1v) is 13.2. The highest BCUT2D eigenvalue weighted by molar-refractivity contribution is 7.85. The van der Waals surface area contributed by atoms with Crippen molar-refractivity contribution in [2.45, 2.75) is 12.8 Å². The van der Waals surface area contributed by atoms with E-state index >= 15 is 0 Å². The summed E-state index contributed by atoms with van der Waals surface area (Å²) in [6.07, 6.45) is 0.853. The minimum Gasteiger partial charge on any atom is -0.792 e. The van der Waals surface area contributed by atoms with E-state index in [0.717, 1.165) is 17.5 Å². The van der Waals surface area contributed by atoms with Crippen molar-refractivity contribution in [3.8, 4) is 35.2 Å². The highest BCUT2D eigenvalue weighted by atomic mass is 32.2. The van der Waals surface area contributed by atoms with Crippen molar-refractivity contribution in [3.05, 3.63) is 95.1 Å². The van der Waals surface area contributed by atoms with Gasteiger partial charge in [0, 0.05) is 23.3 Å². The summed E-state index contributed by atoms with van der Waals surface area (Å²) < 4.78 is 42.9. The first-order chi connectivity index (χ1) is 16.9. The molecule has 0 amide bonds. The molecule has 3 rings (SSSR count). The summed E-state index contributed by atoms with van der Waals surface area (Å²) in [6.45, 7) is 0.533. The number of rotatable bonds is 9. The lowest BCUT2D eigenvalue weighted by molar-refractivity contribution is 0.307. The molecular formula is C28H25O5S2-. The molecule has 35 heavy (non-hydrogen) atoms. The Morgan fingerprint density at radius 3 is 1.60 bits per heavy atom. The Labute approximate surface area is 212 Å². The van der Waals surface area contributed by atoms with Crippen molar-refractivity contribution < 1.29 is 22.4 Å². The molecule has 0 aromatic heterocycles. The minimum atomic E-state index is -4.06. The predicted octanol–water partition coefficient (Wildman–Crippen LogP) is 4.46. The highest BCUT2D eigenvalue weighted by Gasteiger charge is 2.12. The fraction of sp³-hybridized carbons (Fsp3) is 0.214. The van der Waals surface area contributed by atoms with Crippen LogP contribution in [-0.2, 0) is 22.7 Å². The Kier molecular flexibility index (Phi) is 10.1. The molecule has 0 saturated carbocycles. The smallest absolute Gasteiger partial charge is 0.264 e. The molecule has 180 valence electrons. The first-order valence-electron chi connectivity index (χ1n) is 11.1. The predicted molar refractivity (Wildman–Crippen MR) is 140 cm³/mol. The fourth-order valence-corrected chi connectivity index (χ4v) is 3.58. The van der Waals surface area contributed by atoms with Gasteiger partial charge in [-0.25, -0.2) is 0 Å². The van der Waals surface area contributed by atoms with E-state index in [9.17, 15) is 8.42 Å². The molecular weight excluding hydrogens is 480 g/mol. The molecule has 0 heterocycles. The summed E-state index contributed by atoms with van der Waals surface area (Å²) in [5.41, 5.74) is 2.89. The van der Waals surface area contributed by atoms with E-state index in [1.54, 1.807) is 12.1 Å². The number of ether oxygens (including phenoxy) is 2. The Hall–Kier alpha value is -3.36. The monoisotopic (exact) mass is 505 g/mol. The van der Waals surface area contributed by atoms with E-state index in [1.807, 2.05) is 60.7 Å². The van der Waals surface area contributed by atoms with Gasteiger partial charge < -0.3 is 22.1 Å². The Balaban J connectivity index is 1.98. The molecule has 0 aliphatic rings. The molecule has 3 aromatic rings. The molecule has 0 aliphatic heterocycles. The van der Waals surface area contributed by atoms with Crippen LogP contribution in [-0.4, -0.2) is 37.7 Å². The van der Waals surface area contributed by atoms with Gasteiger partial charge in [0.2, 0.25) is 0 Å². The quantitative estimate of drug-likeness (QED) is 0.200. The third kappa shape index (κ3) is 9.42. The van der Waals surface area contributed by atoms with E-state index in [-0.39, 0.29) is 18.8 Å². The van der Waals surface area contributed by atoms with Crippen molar-refractivity contribution in [1.82, 2.24) is 0 Å². The molecule has 0 bridgehead atoms. The van der Waals surface area contributed by atoms with Crippen LogP contribution in [0, 0.1) is 23.7 Å². The maximum Gasteiger partial charge on any atom is 0.264 e. The summed E-state index contributed by atoms with van der Waals surface area (Å²) in [4.78, 5) is 0. The molecule has 7 heteroatoms. The zero-order chi connectivity index (χ0) is 24.9. The normalized spacial score (nSPS) is 10.5. The Morgan fingerprint density at radius 1 is 0.714 bits per heavy atom. The number of hydrogen-bond donors (Lipinski definition) is 1. The Morgan fingerprint density at radius 2 is 1.17 bits per heavy atom. The lowest BCUT2D eigenvalue weighted by atomic mass is 10.1. The maximum atomic E-state index is 11.0. The summed E-state index contributed by atoms with van der Waals surface area (Å²) in [7, 11) is -4.06. The SMILES string of the molecule is O=S(=O)(O)CCCOc1cc(C#Cc2ccccc2)c(OCCC[S-])cc1C#Cc1ccccc1. The van der Waals surface area contributed by atoms with Crippen LogP contribution in [0.15, 0.2) is 72.8 Å². The van der Waals surface area contributed by atoms with Crippen LogP contribution in [0.1, 0.15) is 35.1 Å². The van der Waals surface area contributed by atoms with E-state index < -0.39 is 10.1 Å². The zero-order valence-corrected chi connectivity index (χ0v) is 20.7. The van der Waals surface area contributed by atoms with E-state index in [0.29, 0.717) is 35.0 Å². The minimum absolute atomic E-state index is 0.0848. The van der Waals surface area contributed by atoms with Crippen LogP contribution in [0.25, 0.3) is 0 Å².